The minimum atomic E-state index is -0.420. The highest BCUT2D eigenvalue weighted by Crippen LogP contribution is 2.39. The summed E-state index contributed by atoms with van der Waals surface area (Å²) in [5.74, 6) is 0.523. The van der Waals surface area contributed by atoms with E-state index in [1.54, 1.807) is 6.07 Å². The number of carbonyl (C=O) groups excluding carboxylic acids is 3. The second-order valence-electron chi connectivity index (χ2n) is 9.79. The lowest BCUT2D eigenvalue weighted by atomic mass is 9.88. The molecular formula is C27H34N4O3. The van der Waals surface area contributed by atoms with Crippen molar-refractivity contribution in [3.63, 3.8) is 0 Å². The average molecular weight is 463 g/mol. The van der Waals surface area contributed by atoms with Crippen molar-refractivity contribution in [1.82, 2.24) is 15.2 Å². The SMILES string of the molecule is Cc1cccc(NC(=O)CCCC(=O)N2[C@H](Cc3ccccc3)C[C@]3(C)NC(=O)CCC[C@H]23)n1. The van der Waals surface area contributed by atoms with Crippen molar-refractivity contribution in [3.05, 3.63) is 59.8 Å². The summed E-state index contributed by atoms with van der Waals surface area (Å²) < 4.78 is 0. The number of benzene rings is 1. The van der Waals surface area contributed by atoms with Gasteiger partial charge < -0.3 is 15.5 Å². The number of hydrogen-bond donors (Lipinski definition) is 2. The average Bonchev–Trinajstić information content (AvgIpc) is 2.95. The molecule has 3 atom stereocenters. The highest BCUT2D eigenvalue weighted by Gasteiger charge is 2.52. The first-order chi connectivity index (χ1) is 16.3. The molecule has 7 heteroatoms. The predicted octanol–water partition coefficient (Wildman–Crippen LogP) is 3.77. The van der Waals surface area contributed by atoms with Gasteiger partial charge in [-0.2, -0.15) is 0 Å². The maximum absolute atomic E-state index is 13.5. The first-order valence-electron chi connectivity index (χ1n) is 12.2. The standard InChI is InChI=1S/C27H34N4O3/c1-19-9-6-13-23(28-19)29-24(32)14-8-16-26(34)31-21(17-20-10-4-3-5-11-20)18-27(2)22(31)12-7-15-25(33)30-27/h3-6,9-11,13,21-22H,7-8,12,14-18H2,1-2H3,(H,30,33)(H,28,29,32)/t21-,22+,27+/m1/s1. The van der Waals surface area contributed by atoms with Crippen LogP contribution in [0.15, 0.2) is 48.5 Å². The molecule has 0 spiro atoms. The summed E-state index contributed by atoms with van der Waals surface area (Å²) in [4.78, 5) is 44.5. The quantitative estimate of drug-likeness (QED) is 0.655. The number of fused-ring (bicyclic) bond motifs is 1. The molecule has 4 rings (SSSR count). The number of nitrogens with one attached hydrogen (secondary N) is 2. The second kappa shape index (κ2) is 10.4. The number of likely N-dealkylation sites (tertiary alicyclic amines) is 1. The zero-order valence-electron chi connectivity index (χ0n) is 20.0. The van der Waals surface area contributed by atoms with Crippen molar-refractivity contribution in [1.29, 1.82) is 0 Å². The third-order valence-electron chi connectivity index (χ3n) is 6.98. The van der Waals surface area contributed by atoms with Gasteiger partial charge in [-0.05, 0) is 63.6 Å². The van der Waals surface area contributed by atoms with Gasteiger partial charge in [0.05, 0.1) is 11.6 Å². The molecule has 2 saturated heterocycles. The molecular weight excluding hydrogens is 428 g/mol. The largest absolute Gasteiger partial charge is 0.349 e. The molecule has 2 N–H and O–H groups in total. The number of amides is 3. The Balaban J connectivity index is 1.42. The van der Waals surface area contributed by atoms with Crippen LogP contribution in [0, 0.1) is 6.92 Å². The van der Waals surface area contributed by atoms with Crippen molar-refractivity contribution in [3.8, 4) is 0 Å². The fraction of sp³-hybridized carbons (Fsp3) is 0.481. The monoisotopic (exact) mass is 462 g/mol. The number of pyridine rings is 1. The molecule has 34 heavy (non-hydrogen) atoms. The van der Waals surface area contributed by atoms with Gasteiger partial charge in [0.1, 0.15) is 5.82 Å². The van der Waals surface area contributed by atoms with Gasteiger partial charge >= 0.3 is 0 Å². The Labute approximate surface area is 201 Å². The third kappa shape index (κ3) is 5.64. The van der Waals surface area contributed by atoms with E-state index in [1.807, 2.05) is 42.2 Å². The van der Waals surface area contributed by atoms with E-state index in [-0.39, 0.29) is 36.2 Å². The smallest absolute Gasteiger partial charge is 0.225 e. The van der Waals surface area contributed by atoms with E-state index in [2.05, 4.69) is 34.7 Å². The number of anilines is 1. The number of carbonyl (C=O) groups is 3. The van der Waals surface area contributed by atoms with Crippen molar-refractivity contribution in [2.45, 2.75) is 82.8 Å². The van der Waals surface area contributed by atoms with Crippen LogP contribution in [0.4, 0.5) is 5.82 Å². The number of aryl methyl sites for hydroxylation is 1. The molecule has 180 valence electrons. The lowest BCUT2D eigenvalue weighted by molar-refractivity contribution is -0.135. The van der Waals surface area contributed by atoms with Gasteiger partial charge in [-0.15, -0.1) is 0 Å². The highest BCUT2D eigenvalue weighted by atomic mass is 16.2. The van der Waals surface area contributed by atoms with Crippen LogP contribution in [-0.2, 0) is 20.8 Å². The van der Waals surface area contributed by atoms with Gasteiger partial charge in [0.25, 0.3) is 0 Å². The third-order valence-corrected chi connectivity index (χ3v) is 6.98. The number of nitrogens with zero attached hydrogens (tertiary/aromatic N) is 2. The molecule has 3 amide bonds. The molecule has 1 aromatic heterocycles. The van der Waals surface area contributed by atoms with Gasteiger partial charge in [0, 0.05) is 31.0 Å². The molecule has 2 aliphatic heterocycles. The van der Waals surface area contributed by atoms with E-state index in [4.69, 9.17) is 0 Å². The van der Waals surface area contributed by atoms with Gasteiger partial charge in [-0.25, -0.2) is 4.98 Å². The van der Waals surface area contributed by atoms with Gasteiger partial charge in [0.15, 0.2) is 0 Å². The van der Waals surface area contributed by atoms with Crippen molar-refractivity contribution < 1.29 is 14.4 Å². The Morgan fingerprint density at radius 2 is 1.94 bits per heavy atom. The molecule has 2 aromatic rings. The molecule has 0 aliphatic carbocycles. The van der Waals surface area contributed by atoms with E-state index in [0.717, 1.165) is 31.4 Å². The Bertz CT molecular complexity index is 1040. The lowest BCUT2D eigenvalue weighted by Gasteiger charge is -2.35. The van der Waals surface area contributed by atoms with Gasteiger partial charge in [0.2, 0.25) is 17.7 Å². The fourth-order valence-electron chi connectivity index (χ4n) is 5.50. The molecule has 7 nitrogen and oxygen atoms in total. The van der Waals surface area contributed by atoms with Crippen LogP contribution in [0.2, 0.25) is 0 Å². The predicted molar refractivity (Wildman–Crippen MR) is 131 cm³/mol. The summed E-state index contributed by atoms with van der Waals surface area (Å²) in [6.07, 6.45) is 4.63. The maximum atomic E-state index is 13.5. The topological polar surface area (TPSA) is 91.4 Å². The molecule has 2 fully saturated rings. The minimum absolute atomic E-state index is 0.0219. The molecule has 2 aliphatic rings. The van der Waals surface area contributed by atoms with E-state index in [0.29, 0.717) is 25.1 Å². The van der Waals surface area contributed by atoms with Crippen LogP contribution >= 0.6 is 0 Å². The Kier molecular flexibility index (Phi) is 7.29. The van der Waals surface area contributed by atoms with Gasteiger partial charge in [-0.1, -0.05) is 36.4 Å². The summed E-state index contributed by atoms with van der Waals surface area (Å²) in [7, 11) is 0. The van der Waals surface area contributed by atoms with Crippen LogP contribution in [-0.4, -0.2) is 45.2 Å². The van der Waals surface area contributed by atoms with Crippen LogP contribution in [0.1, 0.15) is 63.1 Å². The molecule has 0 bridgehead atoms. The van der Waals surface area contributed by atoms with Crippen molar-refractivity contribution in [2.75, 3.05) is 5.32 Å². The number of hydrogen-bond acceptors (Lipinski definition) is 4. The first-order valence-corrected chi connectivity index (χ1v) is 12.2. The van der Waals surface area contributed by atoms with E-state index in [1.165, 1.54) is 5.56 Å². The first kappa shape index (κ1) is 23.9. The zero-order chi connectivity index (χ0) is 24.1. The Hall–Kier alpha value is -3.22. The zero-order valence-corrected chi connectivity index (χ0v) is 20.0. The summed E-state index contributed by atoms with van der Waals surface area (Å²) in [5, 5.41) is 6.03. The number of aromatic nitrogens is 1. The summed E-state index contributed by atoms with van der Waals surface area (Å²) in [6, 6.07) is 15.7. The van der Waals surface area contributed by atoms with Crippen molar-refractivity contribution in [2.24, 2.45) is 0 Å². The summed E-state index contributed by atoms with van der Waals surface area (Å²) in [6.45, 7) is 3.95. The molecule has 0 radical (unpaired) electrons. The van der Waals surface area contributed by atoms with Gasteiger partial charge in [-0.3, -0.25) is 14.4 Å². The molecule has 3 heterocycles. The Morgan fingerprint density at radius 1 is 1.15 bits per heavy atom. The van der Waals surface area contributed by atoms with Crippen LogP contribution < -0.4 is 10.6 Å². The minimum Gasteiger partial charge on any atom is -0.349 e. The van der Waals surface area contributed by atoms with Crippen LogP contribution in [0.3, 0.4) is 0 Å². The normalized spacial score (nSPS) is 24.2. The van der Waals surface area contributed by atoms with Crippen LogP contribution in [0.25, 0.3) is 0 Å². The van der Waals surface area contributed by atoms with Crippen molar-refractivity contribution >= 4 is 23.5 Å². The lowest BCUT2D eigenvalue weighted by Crippen LogP contribution is -2.54. The Morgan fingerprint density at radius 3 is 2.71 bits per heavy atom. The summed E-state index contributed by atoms with van der Waals surface area (Å²) >= 11 is 0. The fourth-order valence-corrected chi connectivity index (χ4v) is 5.50. The van der Waals surface area contributed by atoms with E-state index >= 15 is 0 Å². The summed E-state index contributed by atoms with van der Waals surface area (Å²) in [5.41, 5.74) is 1.60. The second-order valence-corrected chi connectivity index (χ2v) is 9.79. The highest BCUT2D eigenvalue weighted by molar-refractivity contribution is 5.90. The maximum Gasteiger partial charge on any atom is 0.225 e. The van der Waals surface area contributed by atoms with E-state index in [9.17, 15) is 14.4 Å². The number of rotatable bonds is 7. The molecule has 0 unspecified atom stereocenters. The molecule has 1 aromatic carbocycles. The molecule has 0 saturated carbocycles. The van der Waals surface area contributed by atoms with E-state index < -0.39 is 5.54 Å². The van der Waals surface area contributed by atoms with Crippen LogP contribution in [0.5, 0.6) is 0 Å².